The van der Waals surface area contributed by atoms with Gasteiger partial charge in [0.1, 0.15) is 12.4 Å². The predicted octanol–water partition coefficient (Wildman–Crippen LogP) is 3.32. The molecule has 0 unspecified atom stereocenters. The van der Waals surface area contributed by atoms with Gasteiger partial charge in [0, 0.05) is 18.0 Å². The molecule has 0 amide bonds. The number of nitrogens with zero attached hydrogens (tertiary/aromatic N) is 1. The number of carbonyl (C=O) groups is 1. The van der Waals surface area contributed by atoms with Crippen LogP contribution in [0.3, 0.4) is 0 Å². The van der Waals surface area contributed by atoms with Crippen molar-refractivity contribution in [2.75, 3.05) is 0 Å². The first-order valence-electron chi connectivity index (χ1n) is 5.62. The Kier molecular flexibility index (Phi) is 4.02. The normalized spacial score (nSPS) is 10.2. The average molecular weight is 278 g/mol. The smallest absolute Gasteiger partial charge is 0.335 e. The van der Waals surface area contributed by atoms with E-state index in [4.69, 9.17) is 21.4 Å². The summed E-state index contributed by atoms with van der Waals surface area (Å²) in [4.78, 5) is 14.8. The maximum atomic E-state index is 10.8. The van der Waals surface area contributed by atoms with Crippen LogP contribution >= 0.6 is 11.6 Å². The number of benzene rings is 1. The lowest BCUT2D eigenvalue weighted by atomic mass is 10.2. The van der Waals surface area contributed by atoms with Gasteiger partial charge in [0.15, 0.2) is 0 Å². The highest BCUT2D eigenvalue weighted by Crippen LogP contribution is 2.26. The van der Waals surface area contributed by atoms with Crippen molar-refractivity contribution in [3.63, 3.8) is 0 Å². The molecule has 19 heavy (non-hydrogen) atoms. The van der Waals surface area contributed by atoms with Crippen molar-refractivity contribution in [3.8, 4) is 5.75 Å². The molecule has 0 aliphatic rings. The van der Waals surface area contributed by atoms with Crippen LogP contribution in [-0.4, -0.2) is 16.1 Å². The second-order valence-corrected chi connectivity index (χ2v) is 4.52. The summed E-state index contributed by atoms with van der Waals surface area (Å²) >= 11 is 5.97. The molecule has 0 saturated heterocycles. The third-order valence-electron chi connectivity index (χ3n) is 2.50. The van der Waals surface area contributed by atoms with Gasteiger partial charge >= 0.3 is 5.97 Å². The van der Waals surface area contributed by atoms with Gasteiger partial charge in [0.25, 0.3) is 0 Å². The monoisotopic (exact) mass is 277 g/mol. The van der Waals surface area contributed by atoms with Gasteiger partial charge in [-0.1, -0.05) is 11.6 Å². The molecule has 2 rings (SSSR count). The van der Waals surface area contributed by atoms with Crippen LogP contribution in [0.1, 0.15) is 21.5 Å². The molecule has 1 heterocycles. The summed E-state index contributed by atoms with van der Waals surface area (Å²) in [5, 5.41) is 9.11. The number of carboxylic acid groups (broad SMARTS) is 1. The van der Waals surface area contributed by atoms with E-state index in [1.807, 2.05) is 13.0 Å². The first kappa shape index (κ1) is 13.4. The van der Waals surface area contributed by atoms with Gasteiger partial charge in [-0.2, -0.15) is 0 Å². The minimum atomic E-state index is -1.02. The Bertz CT molecular complexity index is 613. The lowest BCUT2D eigenvalue weighted by molar-refractivity contribution is 0.0697. The molecule has 4 nitrogen and oxygen atoms in total. The molecule has 1 aromatic heterocycles. The zero-order chi connectivity index (χ0) is 13.8. The number of carboxylic acids is 1. The zero-order valence-electron chi connectivity index (χ0n) is 10.3. The van der Waals surface area contributed by atoms with Crippen LogP contribution < -0.4 is 4.74 Å². The average Bonchev–Trinajstić information content (AvgIpc) is 2.37. The summed E-state index contributed by atoms with van der Waals surface area (Å²) in [5.41, 5.74) is 2.11. The number of aryl methyl sites for hydroxylation is 1. The Morgan fingerprint density at radius 3 is 2.79 bits per heavy atom. The molecular formula is C14H12ClNO3. The molecule has 5 heteroatoms. The van der Waals surface area contributed by atoms with Gasteiger partial charge in [-0.15, -0.1) is 0 Å². The first-order chi connectivity index (χ1) is 9.06. The summed E-state index contributed by atoms with van der Waals surface area (Å²) in [6.07, 6.45) is 3.48. The molecule has 2 aromatic rings. The highest BCUT2D eigenvalue weighted by atomic mass is 35.5. The van der Waals surface area contributed by atoms with Crippen LogP contribution in [0.2, 0.25) is 5.02 Å². The molecule has 0 spiro atoms. The molecule has 1 N–H and O–H groups in total. The maximum Gasteiger partial charge on any atom is 0.335 e. The summed E-state index contributed by atoms with van der Waals surface area (Å²) < 4.78 is 5.55. The molecule has 0 aliphatic carbocycles. The second-order valence-electron chi connectivity index (χ2n) is 4.11. The molecule has 0 radical (unpaired) electrons. The lowest BCUT2D eigenvalue weighted by Crippen LogP contribution is -1.99. The van der Waals surface area contributed by atoms with E-state index in [0.717, 1.165) is 11.1 Å². The topological polar surface area (TPSA) is 59.4 Å². The summed E-state index contributed by atoms with van der Waals surface area (Å²) in [5.74, 6) is -0.565. The number of rotatable bonds is 4. The maximum absolute atomic E-state index is 10.8. The van der Waals surface area contributed by atoms with Crippen LogP contribution in [0, 0.1) is 6.92 Å². The van der Waals surface area contributed by atoms with Crippen molar-refractivity contribution in [2.45, 2.75) is 13.5 Å². The number of hydrogen-bond donors (Lipinski definition) is 1. The number of aromatic nitrogens is 1. The number of halogens is 1. The third-order valence-corrected chi connectivity index (χ3v) is 2.80. The fourth-order valence-corrected chi connectivity index (χ4v) is 1.84. The van der Waals surface area contributed by atoms with E-state index in [-0.39, 0.29) is 10.6 Å². The van der Waals surface area contributed by atoms with E-state index in [1.54, 1.807) is 18.5 Å². The summed E-state index contributed by atoms with van der Waals surface area (Å²) in [6.45, 7) is 2.28. The Labute approximate surface area is 115 Å². The van der Waals surface area contributed by atoms with Crippen LogP contribution in [0.4, 0.5) is 0 Å². The SMILES string of the molecule is Cc1cncc(COc2ccc(C(=O)O)cc2Cl)c1. The standard InChI is InChI=1S/C14H12ClNO3/c1-9-4-10(7-16-6-9)8-19-13-3-2-11(14(17)18)5-12(13)15/h2-7H,8H2,1H3,(H,17,18). The lowest BCUT2D eigenvalue weighted by Gasteiger charge is -2.08. The van der Waals surface area contributed by atoms with Crippen LogP contribution in [0.15, 0.2) is 36.7 Å². The second kappa shape index (κ2) is 5.71. The van der Waals surface area contributed by atoms with E-state index in [1.165, 1.54) is 12.1 Å². The van der Waals surface area contributed by atoms with Gasteiger partial charge in [0.05, 0.1) is 10.6 Å². The van der Waals surface area contributed by atoms with Crippen molar-refractivity contribution in [1.29, 1.82) is 0 Å². The zero-order valence-corrected chi connectivity index (χ0v) is 11.0. The highest BCUT2D eigenvalue weighted by Gasteiger charge is 2.08. The molecular weight excluding hydrogens is 266 g/mol. The predicted molar refractivity (Wildman–Crippen MR) is 71.7 cm³/mol. The highest BCUT2D eigenvalue weighted by molar-refractivity contribution is 6.32. The van der Waals surface area contributed by atoms with Gasteiger partial charge < -0.3 is 9.84 Å². The minimum Gasteiger partial charge on any atom is -0.487 e. The Morgan fingerprint density at radius 1 is 1.37 bits per heavy atom. The van der Waals surface area contributed by atoms with Crippen molar-refractivity contribution >= 4 is 17.6 Å². The first-order valence-corrected chi connectivity index (χ1v) is 6.00. The van der Waals surface area contributed by atoms with E-state index >= 15 is 0 Å². The van der Waals surface area contributed by atoms with Crippen molar-refractivity contribution < 1.29 is 14.6 Å². The largest absolute Gasteiger partial charge is 0.487 e. The van der Waals surface area contributed by atoms with E-state index in [9.17, 15) is 4.79 Å². The van der Waals surface area contributed by atoms with Crippen molar-refractivity contribution in [1.82, 2.24) is 4.98 Å². The van der Waals surface area contributed by atoms with Crippen LogP contribution in [0.5, 0.6) is 5.75 Å². The molecule has 0 saturated carbocycles. The quantitative estimate of drug-likeness (QED) is 0.931. The number of aromatic carboxylic acids is 1. The fraction of sp³-hybridized carbons (Fsp3) is 0.143. The minimum absolute atomic E-state index is 0.134. The molecule has 0 atom stereocenters. The Morgan fingerprint density at radius 2 is 2.16 bits per heavy atom. The molecule has 0 bridgehead atoms. The van der Waals surface area contributed by atoms with Gasteiger partial charge in [0.2, 0.25) is 0 Å². The molecule has 98 valence electrons. The summed E-state index contributed by atoms with van der Waals surface area (Å²) in [6, 6.07) is 6.34. The number of pyridine rings is 1. The van der Waals surface area contributed by atoms with Gasteiger partial charge in [-0.3, -0.25) is 4.98 Å². The van der Waals surface area contributed by atoms with E-state index in [0.29, 0.717) is 12.4 Å². The third kappa shape index (κ3) is 3.45. The van der Waals surface area contributed by atoms with Crippen molar-refractivity contribution in [2.24, 2.45) is 0 Å². The molecule has 0 aliphatic heterocycles. The summed E-state index contributed by atoms with van der Waals surface area (Å²) in [7, 11) is 0. The van der Waals surface area contributed by atoms with E-state index in [2.05, 4.69) is 4.98 Å². The number of ether oxygens (including phenoxy) is 1. The van der Waals surface area contributed by atoms with Crippen LogP contribution in [-0.2, 0) is 6.61 Å². The number of hydrogen-bond acceptors (Lipinski definition) is 3. The Balaban J connectivity index is 2.10. The van der Waals surface area contributed by atoms with Crippen LogP contribution in [0.25, 0.3) is 0 Å². The fourth-order valence-electron chi connectivity index (χ4n) is 1.61. The van der Waals surface area contributed by atoms with Gasteiger partial charge in [-0.25, -0.2) is 4.79 Å². The van der Waals surface area contributed by atoms with E-state index < -0.39 is 5.97 Å². The van der Waals surface area contributed by atoms with Gasteiger partial charge in [-0.05, 0) is 36.8 Å². The Hall–Kier alpha value is -2.07. The van der Waals surface area contributed by atoms with Crippen molar-refractivity contribution in [3.05, 3.63) is 58.4 Å². The molecule has 1 aromatic carbocycles. The molecule has 0 fully saturated rings.